The molecule has 1 N–H and O–H groups in total. The van der Waals surface area contributed by atoms with Gasteiger partial charge in [0.25, 0.3) is 0 Å². The van der Waals surface area contributed by atoms with Gasteiger partial charge in [0.2, 0.25) is 0 Å². The maximum atomic E-state index is 10.9. The number of hydrogen-bond acceptors (Lipinski definition) is 2. The van der Waals surface area contributed by atoms with E-state index in [1.807, 2.05) is 0 Å². The molecule has 0 amide bonds. The fraction of sp³-hybridized carbons (Fsp3) is 0.944. The van der Waals surface area contributed by atoms with Gasteiger partial charge in [0, 0.05) is 6.42 Å². The molecule has 0 bridgehead atoms. The van der Waals surface area contributed by atoms with Gasteiger partial charge in [0.1, 0.15) is 6.61 Å². The minimum absolute atomic E-state index is 0.0102. The number of rotatable bonds is 16. The van der Waals surface area contributed by atoms with Crippen LogP contribution in [-0.2, 0) is 4.79 Å². The standard InChI is InChI=1S/C18H36O2/c1-2-3-4-5-6-7-8-9-10-11-12-13-14-15-16-18(20)17-19/h19H,2-17H2,1H3. The molecule has 0 rings (SSSR count). The summed E-state index contributed by atoms with van der Waals surface area (Å²) >= 11 is 0. The number of hydrogen-bond donors (Lipinski definition) is 1. The van der Waals surface area contributed by atoms with E-state index in [-0.39, 0.29) is 12.4 Å². The zero-order chi connectivity index (χ0) is 14.9. The van der Waals surface area contributed by atoms with Gasteiger partial charge in [-0.3, -0.25) is 4.79 Å². The van der Waals surface area contributed by atoms with Crippen LogP contribution in [0.25, 0.3) is 0 Å². The molecule has 120 valence electrons. The van der Waals surface area contributed by atoms with Crippen molar-refractivity contribution in [3.05, 3.63) is 0 Å². The first-order chi connectivity index (χ1) is 9.81. The number of aliphatic hydroxyl groups is 1. The van der Waals surface area contributed by atoms with E-state index in [0.29, 0.717) is 6.42 Å². The van der Waals surface area contributed by atoms with Crippen LogP contribution in [-0.4, -0.2) is 17.5 Å². The molecule has 0 saturated heterocycles. The quantitative estimate of drug-likeness (QED) is 0.384. The summed E-state index contributed by atoms with van der Waals surface area (Å²) in [4.78, 5) is 10.9. The third kappa shape index (κ3) is 15.7. The maximum Gasteiger partial charge on any atom is 0.158 e. The Bertz CT molecular complexity index is 202. The minimum atomic E-state index is -0.279. The largest absolute Gasteiger partial charge is 0.389 e. The fourth-order valence-corrected chi connectivity index (χ4v) is 2.60. The topological polar surface area (TPSA) is 37.3 Å². The molecule has 0 aliphatic carbocycles. The fourth-order valence-electron chi connectivity index (χ4n) is 2.60. The smallest absolute Gasteiger partial charge is 0.158 e. The van der Waals surface area contributed by atoms with Crippen molar-refractivity contribution < 1.29 is 9.90 Å². The van der Waals surface area contributed by atoms with E-state index in [2.05, 4.69) is 6.92 Å². The van der Waals surface area contributed by atoms with E-state index >= 15 is 0 Å². The van der Waals surface area contributed by atoms with E-state index in [0.717, 1.165) is 12.8 Å². The summed E-state index contributed by atoms with van der Waals surface area (Å²) in [6, 6.07) is 0. The van der Waals surface area contributed by atoms with E-state index in [4.69, 9.17) is 5.11 Å². The SMILES string of the molecule is CCCCCCCCCCCCCCCCC(=O)CO. The predicted octanol–water partition coefficient (Wildman–Crippen LogP) is 5.42. The highest BCUT2D eigenvalue weighted by molar-refractivity contribution is 5.79. The molecule has 0 unspecified atom stereocenters. The van der Waals surface area contributed by atoms with Gasteiger partial charge < -0.3 is 5.11 Å². The molecule has 0 spiro atoms. The van der Waals surface area contributed by atoms with Crippen LogP contribution < -0.4 is 0 Å². The first-order valence-electron chi connectivity index (χ1n) is 8.93. The van der Waals surface area contributed by atoms with E-state index in [1.165, 1.54) is 77.0 Å². The minimum Gasteiger partial charge on any atom is -0.389 e. The average molecular weight is 284 g/mol. The Hall–Kier alpha value is -0.370. The van der Waals surface area contributed by atoms with Gasteiger partial charge in [-0.05, 0) is 6.42 Å². The van der Waals surface area contributed by atoms with Crippen LogP contribution in [0.4, 0.5) is 0 Å². The Morgan fingerprint density at radius 2 is 1.00 bits per heavy atom. The highest BCUT2D eigenvalue weighted by atomic mass is 16.3. The molecule has 20 heavy (non-hydrogen) atoms. The zero-order valence-electron chi connectivity index (χ0n) is 13.7. The second-order valence-corrected chi connectivity index (χ2v) is 6.04. The van der Waals surface area contributed by atoms with Gasteiger partial charge in [-0.15, -0.1) is 0 Å². The molecule has 0 fully saturated rings. The van der Waals surface area contributed by atoms with Crippen LogP contribution in [0.15, 0.2) is 0 Å². The normalized spacial score (nSPS) is 10.9. The lowest BCUT2D eigenvalue weighted by molar-refractivity contribution is -0.121. The lowest BCUT2D eigenvalue weighted by Crippen LogP contribution is -2.02. The monoisotopic (exact) mass is 284 g/mol. The Morgan fingerprint density at radius 1 is 0.650 bits per heavy atom. The maximum absolute atomic E-state index is 10.9. The highest BCUT2D eigenvalue weighted by Gasteiger charge is 1.98. The van der Waals surface area contributed by atoms with Gasteiger partial charge in [-0.1, -0.05) is 90.4 Å². The van der Waals surface area contributed by atoms with Crippen molar-refractivity contribution in [1.29, 1.82) is 0 Å². The summed E-state index contributed by atoms with van der Waals surface area (Å²) in [5.41, 5.74) is 0. The van der Waals surface area contributed by atoms with Crippen molar-refractivity contribution >= 4 is 5.78 Å². The third-order valence-electron chi connectivity index (χ3n) is 3.99. The molecule has 0 aromatic heterocycles. The second-order valence-electron chi connectivity index (χ2n) is 6.04. The van der Waals surface area contributed by atoms with Crippen molar-refractivity contribution in [3.63, 3.8) is 0 Å². The predicted molar refractivity (Wildman–Crippen MR) is 87.0 cm³/mol. The van der Waals surface area contributed by atoms with Crippen molar-refractivity contribution in [3.8, 4) is 0 Å². The van der Waals surface area contributed by atoms with Crippen molar-refractivity contribution in [2.45, 2.75) is 103 Å². The molecule has 0 atom stereocenters. The van der Waals surface area contributed by atoms with E-state index in [9.17, 15) is 4.79 Å². The Labute approximate surface area is 126 Å². The first kappa shape index (κ1) is 19.6. The van der Waals surface area contributed by atoms with Crippen molar-refractivity contribution in [1.82, 2.24) is 0 Å². The summed E-state index contributed by atoms with van der Waals surface area (Å²) in [7, 11) is 0. The number of aliphatic hydroxyl groups excluding tert-OH is 1. The van der Waals surface area contributed by atoms with Crippen molar-refractivity contribution in [2.24, 2.45) is 0 Å². The van der Waals surface area contributed by atoms with Gasteiger partial charge in [-0.25, -0.2) is 0 Å². The molecule has 2 nitrogen and oxygen atoms in total. The molecular weight excluding hydrogens is 248 g/mol. The average Bonchev–Trinajstić information content (AvgIpc) is 2.47. The number of ketones is 1. The van der Waals surface area contributed by atoms with E-state index in [1.54, 1.807) is 0 Å². The van der Waals surface area contributed by atoms with Gasteiger partial charge in [0.15, 0.2) is 5.78 Å². The summed E-state index contributed by atoms with van der Waals surface area (Å²) in [5, 5.41) is 8.59. The molecule has 0 heterocycles. The number of unbranched alkanes of at least 4 members (excludes halogenated alkanes) is 13. The highest BCUT2D eigenvalue weighted by Crippen LogP contribution is 2.13. The van der Waals surface area contributed by atoms with Gasteiger partial charge >= 0.3 is 0 Å². The number of Topliss-reactive ketones (excluding diaryl/α,β-unsaturated/α-hetero) is 1. The molecule has 2 heteroatoms. The molecule has 0 radical (unpaired) electrons. The molecule has 0 saturated carbocycles. The third-order valence-corrected chi connectivity index (χ3v) is 3.99. The van der Waals surface area contributed by atoms with Gasteiger partial charge in [0.05, 0.1) is 0 Å². The van der Waals surface area contributed by atoms with E-state index < -0.39 is 0 Å². The van der Waals surface area contributed by atoms with Crippen LogP contribution in [0.3, 0.4) is 0 Å². The summed E-state index contributed by atoms with van der Waals surface area (Å²) in [6.45, 7) is 1.99. The van der Waals surface area contributed by atoms with Crippen LogP contribution in [0, 0.1) is 0 Å². The van der Waals surface area contributed by atoms with Crippen LogP contribution in [0.1, 0.15) is 103 Å². The Balaban J connectivity index is 2.97. The lowest BCUT2D eigenvalue weighted by Gasteiger charge is -2.03. The first-order valence-corrected chi connectivity index (χ1v) is 8.93. The van der Waals surface area contributed by atoms with Crippen LogP contribution >= 0.6 is 0 Å². The van der Waals surface area contributed by atoms with Crippen LogP contribution in [0.2, 0.25) is 0 Å². The number of carbonyl (C=O) groups is 1. The molecule has 0 aromatic rings. The summed E-state index contributed by atoms with van der Waals surface area (Å²) in [6.07, 6.45) is 19.2. The summed E-state index contributed by atoms with van der Waals surface area (Å²) in [5.74, 6) is -0.0102. The molecule has 0 aliphatic rings. The molecule has 0 aliphatic heterocycles. The zero-order valence-corrected chi connectivity index (χ0v) is 13.7. The van der Waals surface area contributed by atoms with Crippen molar-refractivity contribution in [2.75, 3.05) is 6.61 Å². The number of carbonyl (C=O) groups excluding carboxylic acids is 1. The second kappa shape index (κ2) is 16.7. The summed E-state index contributed by atoms with van der Waals surface area (Å²) < 4.78 is 0. The van der Waals surface area contributed by atoms with Crippen LogP contribution in [0.5, 0.6) is 0 Å². The Kier molecular flexibility index (Phi) is 16.4. The Morgan fingerprint density at radius 3 is 1.35 bits per heavy atom. The molecule has 0 aromatic carbocycles. The molecular formula is C18H36O2. The lowest BCUT2D eigenvalue weighted by atomic mass is 10.0. The van der Waals surface area contributed by atoms with Gasteiger partial charge in [-0.2, -0.15) is 0 Å².